The molecule has 0 amide bonds. The Labute approximate surface area is 97.6 Å². The lowest BCUT2D eigenvalue weighted by Crippen LogP contribution is -2.22. The zero-order chi connectivity index (χ0) is 11.0. The first-order valence-corrected chi connectivity index (χ1v) is 4.54. The van der Waals surface area contributed by atoms with Crippen molar-refractivity contribution in [2.45, 2.75) is 12.5 Å². The standard InChI is InChI=1S/C10H10FNO3.ClH/c11-5-3-6-8(12)1-2-15-9(6)7(4-5)10(13)14;/h3-4,8H,1-2,12H2,(H,13,14);1H/t8-;/m1./s1. The van der Waals surface area contributed by atoms with Crippen molar-refractivity contribution < 1.29 is 19.0 Å². The van der Waals surface area contributed by atoms with Gasteiger partial charge in [-0.05, 0) is 12.1 Å². The molecule has 0 aliphatic carbocycles. The van der Waals surface area contributed by atoms with Gasteiger partial charge in [0.2, 0.25) is 0 Å². The van der Waals surface area contributed by atoms with Crippen molar-refractivity contribution in [1.29, 1.82) is 0 Å². The number of hydrogen-bond donors (Lipinski definition) is 2. The highest BCUT2D eigenvalue weighted by Gasteiger charge is 2.25. The van der Waals surface area contributed by atoms with Crippen molar-refractivity contribution in [3.63, 3.8) is 0 Å². The summed E-state index contributed by atoms with van der Waals surface area (Å²) in [4.78, 5) is 10.8. The number of carboxylic acids is 1. The molecule has 6 heteroatoms. The monoisotopic (exact) mass is 247 g/mol. The summed E-state index contributed by atoms with van der Waals surface area (Å²) in [6.07, 6.45) is 0.565. The molecule has 0 spiro atoms. The van der Waals surface area contributed by atoms with Crippen molar-refractivity contribution in [3.8, 4) is 5.75 Å². The maximum Gasteiger partial charge on any atom is 0.339 e. The maximum absolute atomic E-state index is 13.1. The second-order valence-electron chi connectivity index (χ2n) is 3.42. The van der Waals surface area contributed by atoms with Gasteiger partial charge < -0.3 is 15.6 Å². The number of ether oxygens (including phenoxy) is 1. The van der Waals surface area contributed by atoms with E-state index in [4.69, 9.17) is 15.6 Å². The van der Waals surface area contributed by atoms with Crippen LogP contribution in [0.2, 0.25) is 0 Å². The number of nitrogens with two attached hydrogens (primary N) is 1. The highest BCUT2D eigenvalue weighted by molar-refractivity contribution is 5.91. The third-order valence-corrected chi connectivity index (χ3v) is 2.39. The van der Waals surface area contributed by atoms with E-state index in [0.29, 0.717) is 18.6 Å². The molecule has 3 N–H and O–H groups in total. The molecule has 0 fully saturated rings. The van der Waals surface area contributed by atoms with Crippen LogP contribution in [0.3, 0.4) is 0 Å². The molecule has 0 saturated heterocycles. The Morgan fingerprint density at radius 3 is 2.88 bits per heavy atom. The molecule has 1 aromatic rings. The van der Waals surface area contributed by atoms with Crippen molar-refractivity contribution in [2.24, 2.45) is 5.73 Å². The van der Waals surface area contributed by atoms with Crippen LogP contribution in [0.1, 0.15) is 28.4 Å². The number of carboxylic acid groups (broad SMARTS) is 1. The topological polar surface area (TPSA) is 72.5 Å². The molecule has 0 bridgehead atoms. The molecule has 1 aromatic carbocycles. The molecule has 0 aromatic heterocycles. The van der Waals surface area contributed by atoms with Crippen LogP contribution in [-0.4, -0.2) is 17.7 Å². The minimum atomic E-state index is -1.21. The van der Waals surface area contributed by atoms with E-state index in [-0.39, 0.29) is 29.8 Å². The Kier molecular flexibility index (Phi) is 3.72. The Bertz CT molecular complexity index is 425. The minimum absolute atomic E-state index is 0. The lowest BCUT2D eigenvalue weighted by atomic mass is 9.98. The van der Waals surface area contributed by atoms with E-state index < -0.39 is 11.8 Å². The first kappa shape index (κ1) is 12.7. The summed E-state index contributed by atoms with van der Waals surface area (Å²) in [7, 11) is 0. The third-order valence-electron chi connectivity index (χ3n) is 2.39. The van der Waals surface area contributed by atoms with Gasteiger partial charge in [-0.1, -0.05) is 0 Å². The lowest BCUT2D eigenvalue weighted by molar-refractivity contribution is 0.0690. The smallest absolute Gasteiger partial charge is 0.339 e. The van der Waals surface area contributed by atoms with E-state index in [1.54, 1.807) is 0 Å². The van der Waals surface area contributed by atoms with Gasteiger partial charge in [-0.15, -0.1) is 12.4 Å². The average molecular weight is 248 g/mol. The Morgan fingerprint density at radius 2 is 2.25 bits per heavy atom. The van der Waals surface area contributed by atoms with Crippen LogP contribution in [0.15, 0.2) is 12.1 Å². The first-order valence-electron chi connectivity index (χ1n) is 4.54. The summed E-state index contributed by atoms with van der Waals surface area (Å²) < 4.78 is 18.3. The minimum Gasteiger partial charge on any atom is -0.492 e. The van der Waals surface area contributed by atoms with E-state index in [1.807, 2.05) is 0 Å². The molecule has 1 aliphatic rings. The first-order chi connectivity index (χ1) is 7.09. The summed E-state index contributed by atoms with van der Waals surface area (Å²) in [5.74, 6) is -1.62. The second-order valence-corrected chi connectivity index (χ2v) is 3.42. The van der Waals surface area contributed by atoms with Crippen LogP contribution in [0.25, 0.3) is 0 Å². The molecule has 0 saturated carbocycles. The van der Waals surface area contributed by atoms with Gasteiger partial charge in [0.05, 0.1) is 6.61 Å². The molecule has 16 heavy (non-hydrogen) atoms. The molecule has 1 atom stereocenters. The number of benzene rings is 1. The van der Waals surface area contributed by atoms with Gasteiger partial charge in [0, 0.05) is 18.0 Å². The summed E-state index contributed by atoms with van der Waals surface area (Å²) in [6, 6.07) is 1.81. The number of fused-ring (bicyclic) bond motifs is 1. The molecule has 0 unspecified atom stereocenters. The summed E-state index contributed by atoms with van der Waals surface area (Å²) in [6.45, 7) is 0.361. The summed E-state index contributed by atoms with van der Waals surface area (Å²) >= 11 is 0. The number of hydrogen-bond acceptors (Lipinski definition) is 3. The number of halogens is 2. The average Bonchev–Trinajstić information content (AvgIpc) is 2.18. The third kappa shape index (κ3) is 2.10. The van der Waals surface area contributed by atoms with Gasteiger partial charge in [-0.25, -0.2) is 9.18 Å². The summed E-state index contributed by atoms with van der Waals surface area (Å²) in [5.41, 5.74) is 6.01. The van der Waals surface area contributed by atoms with E-state index >= 15 is 0 Å². The number of aromatic carboxylic acids is 1. The zero-order valence-corrected chi connectivity index (χ0v) is 9.09. The molecule has 1 aliphatic heterocycles. The Balaban J connectivity index is 0.00000128. The van der Waals surface area contributed by atoms with Gasteiger partial charge in [-0.3, -0.25) is 0 Å². The fraction of sp³-hybridized carbons (Fsp3) is 0.300. The van der Waals surface area contributed by atoms with E-state index in [0.717, 1.165) is 6.07 Å². The van der Waals surface area contributed by atoms with Crippen molar-refractivity contribution in [1.82, 2.24) is 0 Å². The quantitative estimate of drug-likeness (QED) is 0.793. The maximum atomic E-state index is 13.1. The van der Waals surface area contributed by atoms with Gasteiger partial charge in [0.15, 0.2) is 0 Å². The van der Waals surface area contributed by atoms with E-state index in [1.165, 1.54) is 6.07 Å². The van der Waals surface area contributed by atoms with Crippen LogP contribution in [0.5, 0.6) is 5.75 Å². The predicted octanol–water partition coefficient (Wildman–Crippen LogP) is 1.73. The fourth-order valence-corrected chi connectivity index (χ4v) is 1.65. The number of rotatable bonds is 1. The number of carbonyl (C=O) groups is 1. The predicted molar refractivity (Wildman–Crippen MR) is 57.6 cm³/mol. The van der Waals surface area contributed by atoms with Gasteiger partial charge in [0.1, 0.15) is 17.1 Å². The molecule has 1 heterocycles. The molecular weight excluding hydrogens is 237 g/mol. The van der Waals surface area contributed by atoms with Crippen molar-refractivity contribution >= 4 is 18.4 Å². The molecule has 88 valence electrons. The van der Waals surface area contributed by atoms with Gasteiger partial charge >= 0.3 is 5.97 Å². The lowest BCUT2D eigenvalue weighted by Gasteiger charge is -2.24. The van der Waals surface area contributed by atoms with Crippen molar-refractivity contribution in [3.05, 3.63) is 29.1 Å². The normalized spacial score (nSPS) is 18.0. The highest BCUT2D eigenvalue weighted by Crippen LogP contribution is 2.34. The Morgan fingerprint density at radius 1 is 1.56 bits per heavy atom. The SMILES string of the molecule is Cl.N[C@@H]1CCOc2c(C(=O)O)cc(F)cc21. The second kappa shape index (κ2) is 4.67. The molecule has 0 radical (unpaired) electrons. The molecule has 4 nitrogen and oxygen atoms in total. The fourth-order valence-electron chi connectivity index (χ4n) is 1.65. The molecular formula is C10H11ClFNO3. The van der Waals surface area contributed by atoms with Crippen LogP contribution in [0.4, 0.5) is 4.39 Å². The summed E-state index contributed by atoms with van der Waals surface area (Å²) in [5, 5.41) is 8.86. The van der Waals surface area contributed by atoms with Gasteiger partial charge in [0.25, 0.3) is 0 Å². The van der Waals surface area contributed by atoms with Crippen LogP contribution < -0.4 is 10.5 Å². The van der Waals surface area contributed by atoms with Crippen LogP contribution in [0, 0.1) is 5.82 Å². The molecule has 2 rings (SSSR count). The van der Waals surface area contributed by atoms with E-state index in [2.05, 4.69) is 0 Å². The van der Waals surface area contributed by atoms with Gasteiger partial charge in [-0.2, -0.15) is 0 Å². The zero-order valence-electron chi connectivity index (χ0n) is 8.27. The highest BCUT2D eigenvalue weighted by atomic mass is 35.5. The van der Waals surface area contributed by atoms with Crippen molar-refractivity contribution in [2.75, 3.05) is 6.61 Å². The van der Waals surface area contributed by atoms with E-state index in [9.17, 15) is 9.18 Å². The van der Waals surface area contributed by atoms with Crippen LogP contribution >= 0.6 is 12.4 Å². The van der Waals surface area contributed by atoms with Crippen LogP contribution in [-0.2, 0) is 0 Å². The largest absolute Gasteiger partial charge is 0.492 e. The Hall–Kier alpha value is -1.33.